The molecule has 0 amide bonds. The summed E-state index contributed by atoms with van der Waals surface area (Å²) >= 11 is 0. The fourth-order valence-corrected chi connectivity index (χ4v) is 2.91. The fourth-order valence-electron chi connectivity index (χ4n) is 2.91. The van der Waals surface area contributed by atoms with Crippen molar-refractivity contribution in [2.24, 2.45) is 7.05 Å². The van der Waals surface area contributed by atoms with Gasteiger partial charge < -0.3 is 14.4 Å². The number of benzene rings is 1. The van der Waals surface area contributed by atoms with Crippen LogP contribution in [0.3, 0.4) is 0 Å². The Kier molecular flexibility index (Phi) is 4.87. The number of imidazole rings is 1. The van der Waals surface area contributed by atoms with Gasteiger partial charge in [-0.15, -0.1) is 0 Å². The van der Waals surface area contributed by atoms with Crippen molar-refractivity contribution < 1.29 is 9.84 Å². The summed E-state index contributed by atoms with van der Waals surface area (Å²) in [5, 5.41) is 10.1. The predicted octanol–water partition coefficient (Wildman–Crippen LogP) is 1.36. The summed E-state index contributed by atoms with van der Waals surface area (Å²) in [6.45, 7) is 3.31. The van der Waals surface area contributed by atoms with Gasteiger partial charge in [-0.05, 0) is 5.56 Å². The Morgan fingerprint density at radius 1 is 1.32 bits per heavy atom. The zero-order chi connectivity index (χ0) is 15.4. The lowest BCUT2D eigenvalue weighted by molar-refractivity contribution is 0.00744. The van der Waals surface area contributed by atoms with Gasteiger partial charge in [0.2, 0.25) is 0 Å². The number of aliphatic hydroxyl groups is 1. The first kappa shape index (κ1) is 15.2. The van der Waals surface area contributed by atoms with E-state index >= 15 is 0 Å². The molecule has 0 bridgehead atoms. The Labute approximate surface area is 131 Å². The second-order valence-electron chi connectivity index (χ2n) is 5.89. The Balaban J connectivity index is 1.42. The van der Waals surface area contributed by atoms with Gasteiger partial charge in [0.05, 0.1) is 31.3 Å². The van der Waals surface area contributed by atoms with Crippen molar-refractivity contribution >= 4 is 0 Å². The van der Waals surface area contributed by atoms with E-state index in [1.54, 1.807) is 0 Å². The van der Waals surface area contributed by atoms with Crippen molar-refractivity contribution in [1.82, 2.24) is 14.5 Å². The third-order valence-electron chi connectivity index (χ3n) is 4.07. The largest absolute Gasteiger partial charge is 0.389 e. The van der Waals surface area contributed by atoms with Crippen molar-refractivity contribution in [2.75, 3.05) is 19.7 Å². The van der Waals surface area contributed by atoms with Crippen LogP contribution in [-0.4, -0.2) is 45.4 Å². The number of aliphatic hydroxyl groups excluding tert-OH is 1. The molecule has 22 heavy (non-hydrogen) atoms. The number of nitrogens with zero attached hydrogens (tertiary/aromatic N) is 3. The highest BCUT2D eigenvalue weighted by Gasteiger charge is 2.21. The summed E-state index contributed by atoms with van der Waals surface area (Å²) in [5.41, 5.74) is 3.57. The lowest BCUT2D eigenvalue weighted by Gasteiger charge is -2.28. The van der Waals surface area contributed by atoms with E-state index in [9.17, 15) is 5.11 Å². The molecule has 1 aliphatic heterocycles. The molecule has 1 aromatic heterocycles. The lowest BCUT2D eigenvalue weighted by atomic mass is 10.1. The summed E-state index contributed by atoms with van der Waals surface area (Å²) in [5.74, 6) is 0. The number of ether oxygens (including phenoxy) is 1. The summed E-state index contributed by atoms with van der Waals surface area (Å²) in [6, 6.07) is 10.0. The van der Waals surface area contributed by atoms with Gasteiger partial charge in [-0.25, -0.2) is 4.98 Å². The summed E-state index contributed by atoms with van der Waals surface area (Å²) in [4.78, 5) is 6.67. The minimum absolute atomic E-state index is 0.362. The minimum Gasteiger partial charge on any atom is -0.389 e. The first-order valence-corrected chi connectivity index (χ1v) is 7.73. The zero-order valence-electron chi connectivity index (χ0n) is 13.0. The number of fused-ring (bicyclic) bond motifs is 1. The average Bonchev–Trinajstić information content (AvgIpc) is 2.89. The second-order valence-corrected chi connectivity index (χ2v) is 5.89. The van der Waals surface area contributed by atoms with Gasteiger partial charge in [-0.2, -0.15) is 0 Å². The van der Waals surface area contributed by atoms with Crippen LogP contribution in [-0.2, 0) is 31.4 Å². The van der Waals surface area contributed by atoms with E-state index in [4.69, 9.17) is 4.74 Å². The van der Waals surface area contributed by atoms with E-state index in [2.05, 4.69) is 14.5 Å². The van der Waals surface area contributed by atoms with E-state index in [0.29, 0.717) is 19.8 Å². The molecule has 0 saturated carbocycles. The van der Waals surface area contributed by atoms with E-state index in [0.717, 1.165) is 30.8 Å². The second kappa shape index (κ2) is 7.05. The quantitative estimate of drug-likeness (QED) is 0.875. The molecule has 1 aliphatic rings. The van der Waals surface area contributed by atoms with Crippen LogP contribution in [0.4, 0.5) is 0 Å². The summed E-state index contributed by atoms with van der Waals surface area (Å²) in [7, 11) is 2.04. The molecule has 3 rings (SSSR count). The van der Waals surface area contributed by atoms with Crippen LogP contribution >= 0.6 is 0 Å². The molecule has 2 heterocycles. The first-order valence-electron chi connectivity index (χ1n) is 7.73. The van der Waals surface area contributed by atoms with Gasteiger partial charge >= 0.3 is 0 Å². The number of aromatic nitrogens is 2. The Morgan fingerprint density at radius 3 is 2.95 bits per heavy atom. The highest BCUT2D eigenvalue weighted by atomic mass is 16.5. The molecule has 118 valence electrons. The molecular weight excluding hydrogens is 278 g/mol. The third-order valence-corrected chi connectivity index (χ3v) is 4.07. The van der Waals surface area contributed by atoms with Crippen LogP contribution in [0.15, 0.2) is 36.7 Å². The lowest BCUT2D eigenvalue weighted by Crippen LogP contribution is -2.38. The Bertz CT molecular complexity index is 597. The zero-order valence-corrected chi connectivity index (χ0v) is 13.0. The van der Waals surface area contributed by atoms with Crippen LogP contribution < -0.4 is 0 Å². The topological polar surface area (TPSA) is 50.5 Å². The normalized spacial score (nSPS) is 16.5. The van der Waals surface area contributed by atoms with Crippen molar-refractivity contribution in [3.63, 3.8) is 0 Å². The van der Waals surface area contributed by atoms with Crippen LogP contribution in [0.5, 0.6) is 0 Å². The molecule has 0 spiro atoms. The molecule has 0 aliphatic carbocycles. The molecule has 1 unspecified atom stereocenters. The number of rotatable bonds is 6. The molecule has 5 heteroatoms. The maximum absolute atomic E-state index is 10.1. The van der Waals surface area contributed by atoms with Crippen molar-refractivity contribution in [2.45, 2.75) is 25.7 Å². The summed E-state index contributed by atoms with van der Waals surface area (Å²) in [6.07, 6.45) is 2.39. The SMILES string of the molecule is Cn1cnc2c1CCN(CC(O)COCc1ccccc1)C2. The van der Waals surface area contributed by atoms with Gasteiger partial charge in [-0.3, -0.25) is 4.90 Å². The molecule has 5 nitrogen and oxygen atoms in total. The van der Waals surface area contributed by atoms with Crippen LogP contribution in [0.1, 0.15) is 17.0 Å². The molecule has 0 radical (unpaired) electrons. The highest BCUT2D eigenvalue weighted by molar-refractivity contribution is 5.16. The maximum Gasteiger partial charge on any atom is 0.0949 e. The maximum atomic E-state index is 10.1. The molecule has 1 N–H and O–H groups in total. The van der Waals surface area contributed by atoms with E-state index in [1.165, 1.54) is 5.69 Å². The molecule has 1 atom stereocenters. The third kappa shape index (κ3) is 3.74. The number of β-amino-alcohol motifs (C(OH)–C–C–N with tert-alkyl or cyclic N) is 1. The monoisotopic (exact) mass is 301 g/mol. The Hall–Kier alpha value is -1.69. The molecule has 1 aromatic carbocycles. The predicted molar refractivity (Wildman–Crippen MR) is 84.3 cm³/mol. The molecule has 0 fully saturated rings. The van der Waals surface area contributed by atoms with Crippen molar-refractivity contribution in [3.05, 3.63) is 53.6 Å². The number of hydrogen-bond acceptors (Lipinski definition) is 4. The van der Waals surface area contributed by atoms with E-state index in [-0.39, 0.29) is 0 Å². The standard InChI is InChI=1S/C17H23N3O2/c1-19-13-18-16-10-20(8-7-17(16)19)9-15(21)12-22-11-14-5-3-2-4-6-14/h2-6,13,15,21H,7-12H2,1H3. The summed E-state index contributed by atoms with van der Waals surface area (Å²) < 4.78 is 7.69. The van der Waals surface area contributed by atoms with E-state index < -0.39 is 6.10 Å². The van der Waals surface area contributed by atoms with Crippen molar-refractivity contribution in [1.29, 1.82) is 0 Å². The highest BCUT2D eigenvalue weighted by Crippen LogP contribution is 2.17. The van der Waals surface area contributed by atoms with E-state index in [1.807, 2.05) is 43.7 Å². The number of hydrogen-bond donors (Lipinski definition) is 1. The van der Waals surface area contributed by atoms with Crippen LogP contribution in [0.25, 0.3) is 0 Å². The van der Waals surface area contributed by atoms with Gasteiger partial charge in [0.15, 0.2) is 0 Å². The average molecular weight is 301 g/mol. The fraction of sp³-hybridized carbons (Fsp3) is 0.471. The molecule has 0 saturated heterocycles. The Morgan fingerprint density at radius 2 is 2.14 bits per heavy atom. The van der Waals surface area contributed by atoms with Crippen LogP contribution in [0.2, 0.25) is 0 Å². The van der Waals surface area contributed by atoms with Crippen LogP contribution in [0, 0.1) is 0 Å². The van der Waals surface area contributed by atoms with Gasteiger partial charge in [0.25, 0.3) is 0 Å². The van der Waals surface area contributed by atoms with Crippen molar-refractivity contribution in [3.8, 4) is 0 Å². The smallest absolute Gasteiger partial charge is 0.0949 e. The van der Waals surface area contributed by atoms with Gasteiger partial charge in [0, 0.05) is 38.8 Å². The minimum atomic E-state index is -0.464. The molecular formula is C17H23N3O2. The van der Waals surface area contributed by atoms with Gasteiger partial charge in [-0.1, -0.05) is 30.3 Å². The molecule has 2 aromatic rings. The van der Waals surface area contributed by atoms with Gasteiger partial charge in [0.1, 0.15) is 0 Å². The first-order chi connectivity index (χ1) is 10.7. The number of aryl methyl sites for hydroxylation is 1.